The van der Waals surface area contributed by atoms with Crippen molar-refractivity contribution in [3.05, 3.63) is 34.1 Å². The molecule has 1 aromatic carbocycles. The van der Waals surface area contributed by atoms with E-state index >= 15 is 0 Å². The number of hydrogen-bond donors (Lipinski definition) is 1. The minimum atomic E-state index is -0.409. The molecule has 0 radical (unpaired) electrons. The Kier molecular flexibility index (Phi) is 5.22. The van der Waals surface area contributed by atoms with E-state index in [9.17, 15) is 9.18 Å². The number of carbonyl (C=O) groups is 1. The predicted octanol–water partition coefficient (Wildman–Crippen LogP) is 3.97. The Labute approximate surface area is 125 Å². The molecule has 1 aromatic rings. The van der Waals surface area contributed by atoms with E-state index < -0.39 is 5.82 Å². The number of rotatable bonds is 4. The minimum Gasteiger partial charge on any atom is -0.352 e. The molecule has 1 aliphatic carbocycles. The lowest BCUT2D eigenvalue weighted by atomic mass is 9.98. The van der Waals surface area contributed by atoms with Crippen LogP contribution in [0.3, 0.4) is 0 Å². The van der Waals surface area contributed by atoms with E-state index in [0.717, 1.165) is 12.8 Å². The minimum absolute atomic E-state index is 0.244. The summed E-state index contributed by atoms with van der Waals surface area (Å²) in [6, 6.07) is 4.11. The summed E-state index contributed by atoms with van der Waals surface area (Å²) in [6.07, 6.45) is 3.40. The Morgan fingerprint density at radius 1 is 1.42 bits per heavy atom. The molecule has 2 nitrogen and oxygen atoms in total. The summed E-state index contributed by atoms with van der Waals surface area (Å²) in [5.74, 6) is 0.913. The number of nitrogens with one attached hydrogen (secondary N) is 1. The summed E-state index contributed by atoms with van der Waals surface area (Å²) in [4.78, 5) is 12.0. The smallest absolute Gasteiger partial charge is 0.252 e. The molecular weight excluding hydrogens is 333 g/mol. The Hall–Kier alpha value is -0.610. The molecule has 104 valence electrons. The van der Waals surface area contributed by atoms with Gasteiger partial charge >= 0.3 is 0 Å². The molecule has 5 heteroatoms. The van der Waals surface area contributed by atoms with Crippen LogP contribution in [0.2, 0.25) is 0 Å². The van der Waals surface area contributed by atoms with E-state index in [1.807, 2.05) is 0 Å². The molecule has 1 saturated carbocycles. The molecule has 0 spiro atoms. The van der Waals surface area contributed by atoms with Gasteiger partial charge in [-0.05, 0) is 58.8 Å². The molecular formula is C14H16BrClFNO. The summed E-state index contributed by atoms with van der Waals surface area (Å²) in [5.41, 5.74) is 0.334. The van der Waals surface area contributed by atoms with Crippen LogP contribution in [0, 0.1) is 17.7 Å². The maximum Gasteiger partial charge on any atom is 0.252 e. The first-order valence-corrected chi connectivity index (χ1v) is 7.73. The van der Waals surface area contributed by atoms with Crippen LogP contribution in [0.15, 0.2) is 22.7 Å². The van der Waals surface area contributed by atoms with Gasteiger partial charge in [-0.2, -0.15) is 0 Å². The molecule has 2 rings (SSSR count). The standard InChI is InChI=1S/C14H16BrClFNO/c15-13-5-4-11(17)6-12(13)14(19)18-8-10-3-1-2-9(10)7-16/h4-6,9-10H,1-3,7-8H2,(H,18,19). The van der Waals surface area contributed by atoms with Crippen molar-refractivity contribution < 1.29 is 9.18 Å². The highest BCUT2D eigenvalue weighted by Crippen LogP contribution is 2.32. The van der Waals surface area contributed by atoms with E-state index in [-0.39, 0.29) is 5.91 Å². The molecule has 0 saturated heterocycles. The molecule has 0 aromatic heterocycles. The second kappa shape index (κ2) is 6.71. The molecule has 0 aliphatic heterocycles. The first kappa shape index (κ1) is 14.8. The van der Waals surface area contributed by atoms with Gasteiger partial charge in [-0.3, -0.25) is 4.79 Å². The molecule has 1 amide bonds. The van der Waals surface area contributed by atoms with Crippen molar-refractivity contribution in [2.45, 2.75) is 19.3 Å². The summed E-state index contributed by atoms with van der Waals surface area (Å²) >= 11 is 9.17. The molecule has 0 heterocycles. The van der Waals surface area contributed by atoms with Gasteiger partial charge in [0.15, 0.2) is 0 Å². The molecule has 0 bridgehead atoms. The molecule has 2 unspecified atom stereocenters. The maximum atomic E-state index is 13.1. The molecule has 2 atom stereocenters. The van der Waals surface area contributed by atoms with Crippen molar-refractivity contribution in [2.75, 3.05) is 12.4 Å². The third-order valence-electron chi connectivity index (χ3n) is 3.71. The van der Waals surface area contributed by atoms with Crippen molar-refractivity contribution >= 4 is 33.4 Å². The fourth-order valence-electron chi connectivity index (χ4n) is 2.58. The van der Waals surface area contributed by atoms with Crippen molar-refractivity contribution in [3.63, 3.8) is 0 Å². The first-order valence-electron chi connectivity index (χ1n) is 6.41. The second-order valence-electron chi connectivity index (χ2n) is 4.94. The highest BCUT2D eigenvalue weighted by Gasteiger charge is 2.26. The number of amides is 1. The normalized spacial score (nSPS) is 22.5. The molecule has 19 heavy (non-hydrogen) atoms. The van der Waals surface area contributed by atoms with Crippen molar-refractivity contribution in [1.29, 1.82) is 0 Å². The number of alkyl halides is 1. The zero-order valence-corrected chi connectivity index (χ0v) is 12.8. The third-order valence-corrected chi connectivity index (χ3v) is 4.80. The summed E-state index contributed by atoms with van der Waals surface area (Å²) in [5, 5.41) is 2.88. The number of halogens is 3. The van der Waals surface area contributed by atoms with Crippen molar-refractivity contribution in [3.8, 4) is 0 Å². The Morgan fingerprint density at radius 3 is 2.89 bits per heavy atom. The lowest BCUT2D eigenvalue weighted by Crippen LogP contribution is -2.31. The van der Waals surface area contributed by atoms with Gasteiger partial charge in [0.1, 0.15) is 5.82 Å². The number of benzene rings is 1. The first-order chi connectivity index (χ1) is 9.11. The molecule has 1 fully saturated rings. The van der Waals surface area contributed by atoms with Crippen LogP contribution in [0.4, 0.5) is 4.39 Å². The van der Waals surface area contributed by atoms with E-state index in [1.54, 1.807) is 6.07 Å². The fraction of sp³-hybridized carbons (Fsp3) is 0.500. The summed E-state index contributed by atoms with van der Waals surface area (Å²) < 4.78 is 13.8. The lowest BCUT2D eigenvalue weighted by Gasteiger charge is -2.17. The largest absolute Gasteiger partial charge is 0.352 e. The molecule has 1 N–H and O–H groups in total. The van der Waals surface area contributed by atoms with Crippen molar-refractivity contribution in [2.24, 2.45) is 11.8 Å². The van der Waals surface area contributed by atoms with Crippen LogP contribution < -0.4 is 5.32 Å². The molecule has 1 aliphatic rings. The Morgan fingerprint density at radius 2 is 2.16 bits per heavy atom. The van der Waals surface area contributed by atoms with Gasteiger partial charge in [0.05, 0.1) is 5.56 Å². The van der Waals surface area contributed by atoms with Crippen LogP contribution in [0.25, 0.3) is 0 Å². The third kappa shape index (κ3) is 3.69. The van der Waals surface area contributed by atoms with E-state index in [2.05, 4.69) is 21.2 Å². The van der Waals surface area contributed by atoms with Gasteiger partial charge in [0.25, 0.3) is 5.91 Å². The number of carbonyl (C=O) groups excluding carboxylic acids is 1. The predicted molar refractivity (Wildman–Crippen MR) is 78.0 cm³/mol. The highest BCUT2D eigenvalue weighted by atomic mass is 79.9. The second-order valence-corrected chi connectivity index (χ2v) is 6.10. The Bertz CT molecular complexity index is 469. The van der Waals surface area contributed by atoms with Crippen molar-refractivity contribution in [1.82, 2.24) is 5.32 Å². The lowest BCUT2D eigenvalue weighted by molar-refractivity contribution is 0.0943. The topological polar surface area (TPSA) is 29.1 Å². The summed E-state index contributed by atoms with van der Waals surface area (Å²) in [7, 11) is 0. The number of hydrogen-bond acceptors (Lipinski definition) is 1. The monoisotopic (exact) mass is 347 g/mol. The summed E-state index contributed by atoms with van der Waals surface area (Å²) in [6.45, 7) is 0.610. The van der Waals surface area contributed by atoms with Gasteiger partial charge in [-0.25, -0.2) is 4.39 Å². The quantitative estimate of drug-likeness (QED) is 0.820. The van der Waals surface area contributed by atoms with Gasteiger partial charge in [-0.1, -0.05) is 6.42 Å². The maximum absolute atomic E-state index is 13.1. The average molecular weight is 349 g/mol. The van der Waals surface area contributed by atoms with E-state index in [1.165, 1.54) is 18.6 Å². The van der Waals surface area contributed by atoms with Crippen LogP contribution >= 0.6 is 27.5 Å². The average Bonchev–Trinajstić information content (AvgIpc) is 2.86. The van der Waals surface area contributed by atoms with Crippen LogP contribution in [0.1, 0.15) is 29.6 Å². The highest BCUT2D eigenvalue weighted by molar-refractivity contribution is 9.10. The van der Waals surface area contributed by atoms with Crippen LogP contribution in [-0.2, 0) is 0 Å². The van der Waals surface area contributed by atoms with Crippen LogP contribution in [-0.4, -0.2) is 18.3 Å². The van der Waals surface area contributed by atoms with Gasteiger partial charge < -0.3 is 5.32 Å². The van der Waals surface area contributed by atoms with E-state index in [4.69, 9.17) is 11.6 Å². The van der Waals surface area contributed by atoms with E-state index in [0.29, 0.717) is 34.3 Å². The van der Waals surface area contributed by atoms with Gasteiger partial charge in [0.2, 0.25) is 0 Å². The van der Waals surface area contributed by atoms with Gasteiger partial charge in [0, 0.05) is 16.9 Å². The van der Waals surface area contributed by atoms with Crippen LogP contribution in [0.5, 0.6) is 0 Å². The zero-order valence-electron chi connectivity index (χ0n) is 10.5. The Balaban J connectivity index is 1.96. The van der Waals surface area contributed by atoms with Gasteiger partial charge in [-0.15, -0.1) is 11.6 Å². The fourth-order valence-corrected chi connectivity index (χ4v) is 3.41. The SMILES string of the molecule is O=C(NCC1CCCC1CCl)c1cc(F)ccc1Br. The zero-order chi connectivity index (χ0) is 13.8.